The molecule has 1 aromatic heterocycles. The molecule has 1 amide bonds. The zero-order valence-corrected chi connectivity index (χ0v) is 12.0. The van der Waals surface area contributed by atoms with E-state index in [0.29, 0.717) is 5.56 Å². The van der Waals surface area contributed by atoms with Crippen molar-refractivity contribution in [1.82, 2.24) is 4.98 Å². The third kappa shape index (κ3) is 3.15. The van der Waals surface area contributed by atoms with Crippen molar-refractivity contribution in [3.8, 4) is 0 Å². The molecule has 4 heteroatoms. The number of pyridine rings is 1. The van der Waals surface area contributed by atoms with Crippen LogP contribution in [0.4, 0.5) is 11.4 Å². The van der Waals surface area contributed by atoms with Gasteiger partial charge in [-0.2, -0.15) is 0 Å². The monoisotopic (exact) mass is 269 g/mol. The lowest BCUT2D eigenvalue weighted by atomic mass is 10.1. The molecule has 0 aliphatic carbocycles. The van der Waals surface area contributed by atoms with Crippen molar-refractivity contribution in [2.24, 2.45) is 0 Å². The van der Waals surface area contributed by atoms with Gasteiger partial charge >= 0.3 is 0 Å². The molecule has 0 aliphatic heterocycles. The summed E-state index contributed by atoms with van der Waals surface area (Å²) in [6.07, 6.45) is 3.37. The number of aromatic nitrogens is 1. The molecular weight excluding hydrogens is 250 g/mol. The van der Waals surface area contributed by atoms with Crippen molar-refractivity contribution in [3.63, 3.8) is 0 Å². The molecule has 0 atom stereocenters. The van der Waals surface area contributed by atoms with Gasteiger partial charge in [-0.1, -0.05) is 0 Å². The molecule has 1 aromatic carbocycles. The molecule has 4 nitrogen and oxygen atoms in total. The lowest BCUT2D eigenvalue weighted by Gasteiger charge is -2.11. The fourth-order valence-electron chi connectivity index (χ4n) is 2.02. The van der Waals surface area contributed by atoms with Gasteiger partial charge in [-0.15, -0.1) is 0 Å². The van der Waals surface area contributed by atoms with Crippen LogP contribution in [-0.4, -0.2) is 17.4 Å². The zero-order chi connectivity index (χ0) is 14.5. The molecular formula is C16H19N3O. The van der Waals surface area contributed by atoms with Gasteiger partial charge < -0.3 is 10.6 Å². The van der Waals surface area contributed by atoms with Crippen LogP contribution in [0.3, 0.4) is 0 Å². The fraction of sp³-hybridized carbons (Fsp3) is 0.250. The van der Waals surface area contributed by atoms with E-state index in [4.69, 9.17) is 0 Å². The average molecular weight is 269 g/mol. The second-order valence-corrected chi connectivity index (χ2v) is 4.70. The molecule has 1 heterocycles. The lowest BCUT2D eigenvalue weighted by molar-refractivity contribution is 0.102. The molecule has 0 radical (unpaired) electrons. The first-order valence-electron chi connectivity index (χ1n) is 6.68. The van der Waals surface area contributed by atoms with Crippen LogP contribution >= 0.6 is 0 Å². The first-order chi connectivity index (χ1) is 9.61. The SMILES string of the molecule is CCNc1ccc(C(=O)Nc2cnccc2C)c(C)c1. The molecule has 2 aromatic rings. The molecule has 0 aliphatic rings. The zero-order valence-electron chi connectivity index (χ0n) is 12.0. The summed E-state index contributed by atoms with van der Waals surface area (Å²) in [5.41, 5.74) is 4.39. The lowest BCUT2D eigenvalue weighted by Crippen LogP contribution is -2.14. The van der Waals surface area contributed by atoms with Gasteiger partial charge in [0.05, 0.1) is 11.9 Å². The van der Waals surface area contributed by atoms with E-state index in [0.717, 1.165) is 29.0 Å². The first kappa shape index (κ1) is 14.1. The number of aryl methyl sites for hydroxylation is 2. The smallest absolute Gasteiger partial charge is 0.255 e. The normalized spacial score (nSPS) is 10.2. The van der Waals surface area contributed by atoms with E-state index < -0.39 is 0 Å². The van der Waals surface area contributed by atoms with Crippen molar-refractivity contribution in [2.45, 2.75) is 20.8 Å². The highest BCUT2D eigenvalue weighted by Gasteiger charge is 2.10. The van der Waals surface area contributed by atoms with Crippen LogP contribution in [0.1, 0.15) is 28.4 Å². The van der Waals surface area contributed by atoms with Crippen molar-refractivity contribution in [3.05, 3.63) is 53.3 Å². The summed E-state index contributed by atoms with van der Waals surface area (Å²) < 4.78 is 0. The minimum absolute atomic E-state index is 0.110. The summed E-state index contributed by atoms with van der Waals surface area (Å²) in [7, 11) is 0. The Balaban J connectivity index is 2.19. The highest BCUT2D eigenvalue weighted by molar-refractivity contribution is 6.05. The molecule has 104 valence electrons. The Bertz CT molecular complexity index is 623. The topological polar surface area (TPSA) is 54.0 Å². The maximum absolute atomic E-state index is 12.3. The fourth-order valence-corrected chi connectivity index (χ4v) is 2.02. The third-order valence-electron chi connectivity index (χ3n) is 3.14. The predicted molar refractivity (Wildman–Crippen MR) is 82.3 cm³/mol. The Morgan fingerprint density at radius 2 is 2.00 bits per heavy atom. The Kier molecular flexibility index (Phi) is 4.35. The van der Waals surface area contributed by atoms with Gasteiger partial charge in [-0.3, -0.25) is 9.78 Å². The minimum Gasteiger partial charge on any atom is -0.385 e. The molecule has 0 saturated carbocycles. The number of carbonyl (C=O) groups excluding carboxylic acids is 1. The number of nitrogens with one attached hydrogen (secondary N) is 2. The second kappa shape index (κ2) is 6.19. The van der Waals surface area contributed by atoms with Crippen LogP contribution in [-0.2, 0) is 0 Å². The summed E-state index contributed by atoms with van der Waals surface area (Å²) >= 11 is 0. The van der Waals surface area contributed by atoms with E-state index in [-0.39, 0.29) is 5.91 Å². The Hall–Kier alpha value is -2.36. The number of rotatable bonds is 4. The van der Waals surface area contributed by atoms with E-state index in [1.54, 1.807) is 12.4 Å². The summed E-state index contributed by atoms with van der Waals surface area (Å²) in [5.74, 6) is -0.110. The van der Waals surface area contributed by atoms with Gasteiger partial charge in [-0.25, -0.2) is 0 Å². The van der Waals surface area contributed by atoms with E-state index in [9.17, 15) is 4.79 Å². The van der Waals surface area contributed by atoms with Gasteiger partial charge in [0.15, 0.2) is 0 Å². The summed E-state index contributed by atoms with van der Waals surface area (Å²) in [6, 6.07) is 7.61. The number of anilines is 2. The number of benzene rings is 1. The maximum Gasteiger partial charge on any atom is 0.255 e. The number of hydrogen-bond donors (Lipinski definition) is 2. The molecule has 0 bridgehead atoms. The van der Waals surface area contributed by atoms with Gasteiger partial charge in [0.1, 0.15) is 0 Å². The molecule has 0 unspecified atom stereocenters. The van der Waals surface area contributed by atoms with Crippen LogP contribution in [0.5, 0.6) is 0 Å². The number of amides is 1. The standard InChI is InChI=1S/C16H19N3O/c1-4-18-13-5-6-14(12(3)9-13)16(20)19-15-10-17-8-7-11(15)2/h5-10,18H,4H2,1-3H3,(H,19,20). The first-order valence-corrected chi connectivity index (χ1v) is 6.68. The summed E-state index contributed by atoms with van der Waals surface area (Å²) in [4.78, 5) is 16.3. The van der Waals surface area contributed by atoms with Crippen molar-refractivity contribution in [2.75, 3.05) is 17.2 Å². The van der Waals surface area contributed by atoms with E-state index >= 15 is 0 Å². The van der Waals surface area contributed by atoms with Crippen LogP contribution in [0.2, 0.25) is 0 Å². The molecule has 0 spiro atoms. The van der Waals surface area contributed by atoms with Gasteiger partial charge in [0, 0.05) is 24.0 Å². The Labute approximate surface area is 119 Å². The van der Waals surface area contributed by atoms with E-state index in [2.05, 4.69) is 15.6 Å². The van der Waals surface area contributed by atoms with E-state index in [1.807, 2.05) is 45.0 Å². The quantitative estimate of drug-likeness (QED) is 0.894. The van der Waals surface area contributed by atoms with Crippen LogP contribution in [0.25, 0.3) is 0 Å². The molecule has 2 N–H and O–H groups in total. The highest BCUT2D eigenvalue weighted by atomic mass is 16.1. The number of nitrogens with zero attached hydrogens (tertiary/aromatic N) is 1. The van der Waals surface area contributed by atoms with Gasteiger partial charge in [-0.05, 0) is 56.2 Å². The van der Waals surface area contributed by atoms with Crippen LogP contribution in [0.15, 0.2) is 36.7 Å². The van der Waals surface area contributed by atoms with Crippen molar-refractivity contribution < 1.29 is 4.79 Å². The molecule has 2 rings (SSSR count). The Morgan fingerprint density at radius 1 is 1.20 bits per heavy atom. The van der Waals surface area contributed by atoms with Crippen LogP contribution in [0, 0.1) is 13.8 Å². The van der Waals surface area contributed by atoms with Gasteiger partial charge in [0.25, 0.3) is 5.91 Å². The predicted octanol–water partition coefficient (Wildman–Crippen LogP) is 3.38. The minimum atomic E-state index is -0.110. The van der Waals surface area contributed by atoms with Crippen LogP contribution < -0.4 is 10.6 Å². The van der Waals surface area contributed by atoms with Gasteiger partial charge in [0.2, 0.25) is 0 Å². The molecule has 20 heavy (non-hydrogen) atoms. The van der Waals surface area contributed by atoms with Crippen molar-refractivity contribution >= 4 is 17.3 Å². The molecule has 0 fully saturated rings. The number of carbonyl (C=O) groups is 1. The third-order valence-corrected chi connectivity index (χ3v) is 3.14. The average Bonchev–Trinajstić information content (AvgIpc) is 2.42. The summed E-state index contributed by atoms with van der Waals surface area (Å²) in [6.45, 7) is 6.78. The Morgan fingerprint density at radius 3 is 2.65 bits per heavy atom. The maximum atomic E-state index is 12.3. The molecule has 0 saturated heterocycles. The number of hydrogen-bond acceptors (Lipinski definition) is 3. The largest absolute Gasteiger partial charge is 0.385 e. The highest BCUT2D eigenvalue weighted by Crippen LogP contribution is 2.18. The summed E-state index contributed by atoms with van der Waals surface area (Å²) in [5, 5.41) is 6.13. The van der Waals surface area contributed by atoms with E-state index in [1.165, 1.54) is 0 Å². The second-order valence-electron chi connectivity index (χ2n) is 4.70. The van der Waals surface area contributed by atoms with Crippen molar-refractivity contribution in [1.29, 1.82) is 0 Å².